The summed E-state index contributed by atoms with van der Waals surface area (Å²) in [5.41, 5.74) is 0.957. The number of methoxy groups -OCH3 is 1. The van der Waals surface area contributed by atoms with E-state index in [0.717, 1.165) is 0 Å². The number of nitrogens with zero attached hydrogens (tertiary/aromatic N) is 2. The van der Waals surface area contributed by atoms with Crippen molar-refractivity contribution in [1.82, 2.24) is 9.78 Å². The average Bonchev–Trinajstić information content (AvgIpc) is 2.36. The second-order valence-electron chi connectivity index (χ2n) is 3.15. The highest BCUT2D eigenvalue weighted by Gasteiger charge is 2.21. The largest absolute Gasteiger partial charge is 0.383 e. The zero-order valence-corrected chi connectivity index (χ0v) is 10.4. The fraction of sp³-hybridized carbons (Fsp3) is 0.625. The minimum atomic E-state index is -3.72. The minimum absolute atomic E-state index is 0.0975. The summed E-state index contributed by atoms with van der Waals surface area (Å²) in [7, 11) is 3.16. The van der Waals surface area contributed by atoms with Crippen molar-refractivity contribution >= 4 is 19.7 Å². The van der Waals surface area contributed by atoms with Gasteiger partial charge in [-0.15, -0.1) is 0 Å². The van der Waals surface area contributed by atoms with E-state index in [2.05, 4.69) is 5.10 Å². The normalized spacial score (nSPS) is 12.0. The Bertz CT molecular complexity index is 453. The minimum Gasteiger partial charge on any atom is -0.383 e. The molecule has 0 saturated carbocycles. The molecule has 0 fully saturated rings. The molecule has 0 N–H and O–H groups in total. The Morgan fingerprint density at radius 3 is 2.47 bits per heavy atom. The molecule has 1 heterocycles. The van der Waals surface area contributed by atoms with Crippen LogP contribution in [-0.2, 0) is 20.3 Å². The number of hydrogen-bond acceptors (Lipinski definition) is 4. The molecule has 0 aliphatic carbocycles. The van der Waals surface area contributed by atoms with Gasteiger partial charge >= 0.3 is 0 Å². The average molecular weight is 253 g/mol. The number of ether oxygens (including phenoxy) is 1. The zero-order chi connectivity index (χ0) is 11.6. The van der Waals surface area contributed by atoms with Gasteiger partial charge in [-0.05, 0) is 13.8 Å². The van der Waals surface area contributed by atoms with Crippen molar-refractivity contribution in [3.8, 4) is 0 Å². The molecule has 0 amide bonds. The maximum absolute atomic E-state index is 11.2. The lowest BCUT2D eigenvalue weighted by atomic mass is 10.4. The van der Waals surface area contributed by atoms with Crippen LogP contribution in [-0.4, -0.2) is 31.9 Å². The lowest BCUT2D eigenvalue weighted by Gasteiger charge is -2.02. The molecule has 1 rings (SSSR count). The first kappa shape index (κ1) is 12.5. The van der Waals surface area contributed by atoms with E-state index in [-0.39, 0.29) is 4.90 Å². The van der Waals surface area contributed by atoms with Crippen LogP contribution in [0.1, 0.15) is 11.4 Å². The Morgan fingerprint density at radius 2 is 2.07 bits per heavy atom. The summed E-state index contributed by atoms with van der Waals surface area (Å²) in [4.78, 5) is 0.0975. The molecule has 0 aromatic carbocycles. The zero-order valence-electron chi connectivity index (χ0n) is 8.82. The summed E-state index contributed by atoms with van der Waals surface area (Å²) >= 11 is 0. The van der Waals surface area contributed by atoms with E-state index in [4.69, 9.17) is 15.4 Å². The van der Waals surface area contributed by atoms with Crippen molar-refractivity contribution < 1.29 is 13.2 Å². The summed E-state index contributed by atoms with van der Waals surface area (Å²) in [6.07, 6.45) is 0. The Hall–Kier alpha value is -0.590. The van der Waals surface area contributed by atoms with E-state index in [9.17, 15) is 8.42 Å². The van der Waals surface area contributed by atoms with Crippen LogP contribution in [0.4, 0.5) is 0 Å². The SMILES string of the molecule is COCCn1nc(C)c(S(=O)(=O)Cl)c1C. The number of halogens is 1. The number of aromatic nitrogens is 2. The van der Waals surface area contributed by atoms with Gasteiger partial charge in [-0.25, -0.2) is 8.42 Å². The van der Waals surface area contributed by atoms with Crippen LogP contribution in [0.2, 0.25) is 0 Å². The summed E-state index contributed by atoms with van der Waals surface area (Å²) in [5.74, 6) is 0. The third-order valence-electron chi connectivity index (χ3n) is 2.07. The first-order valence-corrected chi connectivity index (χ1v) is 6.66. The van der Waals surface area contributed by atoms with Crippen LogP contribution in [0.5, 0.6) is 0 Å². The molecule has 15 heavy (non-hydrogen) atoms. The van der Waals surface area contributed by atoms with E-state index in [1.54, 1.807) is 25.6 Å². The van der Waals surface area contributed by atoms with Crippen molar-refractivity contribution in [2.75, 3.05) is 13.7 Å². The maximum atomic E-state index is 11.2. The van der Waals surface area contributed by atoms with Crippen molar-refractivity contribution in [2.45, 2.75) is 25.3 Å². The van der Waals surface area contributed by atoms with Crippen LogP contribution in [0.25, 0.3) is 0 Å². The van der Waals surface area contributed by atoms with Crippen molar-refractivity contribution in [3.05, 3.63) is 11.4 Å². The Kier molecular flexibility index (Phi) is 3.75. The van der Waals surface area contributed by atoms with Gasteiger partial charge in [0.2, 0.25) is 0 Å². The first-order chi connectivity index (χ1) is 6.88. The molecule has 0 unspecified atom stereocenters. The highest BCUT2D eigenvalue weighted by atomic mass is 35.7. The van der Waals surface area contributed by atoms with E-state index in [0.29, 0.717) is 24.5 Å². The number of rotatable bonds is 4. The summed E-state index contributed by atoms with van der Waals surface area (Å²) in [5, 5.41) is 4.09. The molecule has 7 heteroatoms. The van der Waals surface area contributed by atoms with Gasteiger partial charge in [0.25, 0.3) is 9.05 Å². The van der Waals surface area contributed by atoms with E-state index < -0.39 is 9.05 Å². The standard InChI is InChI=1S/C8H13ClN2O3S/c1-6-8(15(9,12)13)7(2)11(10-6)4-5-14-3/h4-5H2,1-3H3. The van der Waals surface area contributed by atoms with Gasteiger partial charge in [0.15, 0.2) is 0 Å². The molecule has 0 aliphatic rings. The molecule has 5 nitrogen and oxygen atoms in total. The highest BCUT2D eigenvalue weighted by molar-refractivity contribution is 8.13. The second-order valence-corrected chi connectivity index (χ2v) is 5.66. The molecule has 0 radical (unpaired) electrons. The topological polar surface area (TPSA) is 61.2 Å². The molecule has 0 aliphatic heterocycles. The molecule has 0 bridgehead atoms. The van der Waals surface area contributed by atoms with Gasteiger partial charge in [0.05, 0.1) is 24.5 Å². The second kappa shape index (κ2) is 4.51. The fourth-order valence-electron chi connectivity index (χ4n) is 1.43. The summed E-state index contributed by atoms with van der Waals surface area (Å²) < 4.78 is 29.0. The van der Waals surface area contributed by atoms with Crippen molar-refractivity contribution in [3.63, 3.8) is 0 Å². The van der Waals surface area contributed by atoms with Crippen molar-refractivity contribution in [2.24, 2.45) is 0 Å². The molecule has 0 spiro atoms. The lowest BCUT2D eigenvalue weighted by molar-refractivity contribution is 0.182. The molecular weight excluding hydrogens is 240 g/mol. The third kappa shape index (κ3) is 2.70. The Labute approximate surface area is 93.4 Å². The molecule has 0 atom stereocenters. The summed E-state index contributed by atoms with van der Waals surface area (Å²) in [6, 6.07) is 0. The van der Waals surface area contributed by atoms with Gasteiger partial charge < -0.3 is 4.74 Å². The number of hydrogen-bond donors (Lipinski definition) is 0. The fourth-order valence-corrected chi connectivity index (χ4v) is 2.95. The lowest BCUT2D eigenvalue weighted by Crippen LogP contribution is -2.08. The van der Waals surface area contributed by atoms with E-state index >= 15 is 0 Å². The Balaban J connectivity index is 3.15. The van der Waals surface area contributed by atoms with Gasteiger partial charge in [-0.3, -0.25) is 4.68 Å². The molecule has 0 saturated heterocycles. The van der Waals surface area contributed by atoms with Crippen LogP contribution in [0.15, 0.2) is 4.90 Å². The molecule has 1 aromatic rings. The van der Waals surface area contributed by atoms with Crippen LogP contribution in [0.3, 0.4) is 0 Å². The van der Waals surface area contributed by atoms with E-state index in [1.807, 2.05) is 0 Å². The van der Waals surface area contributed by atoms with Crippen molar-refractivity contribution in [1.29, 1.82) is 0 Å². The number of aryl methyl sites for hydroxylation is 1. The molecule has 1 aromatic heterocycles. The predicted octanol–water partition coefficient (Wildman–Crippen LogP) is 1.07. The summed E-state index contributed by atoms with van der Waals surface area (Å²) in [6.45, 7) is 4.27. The van der Waals surface area contributed by atoms with Crippen LogP contribution < -0.4 is 0 Å². The Morgan fingerprint density at radius 1 is 1.47 bits per heavy atom. The van der Waals surface area contributed by atoms with Gasteiger partial charge in [0.1, 0.15) is 4.90 Å². The quantitative estimate of drug-likeness (QED) is 0.753. The van der Waals surface area contributed by atoms with Crippen LogP contribution >= 0.6 is 10.7 Å². The predicted molar refractivity (Wildman–Crippen MR) is 56.6 cm³/mol. The molecule has 86 valence electrons. The first-order valence-electron chi connectivity index (χ1n) is 4.35. The third-order valence-corrected chi connectivity index (χ3v) is 3.61. The van der Waals surface area contributed by atoms with Gasteiger partial charge in [-0.1, -0.05) is 0 Å². The molecular formula is C8H13ClN2O3S. The monoisotopic (exact) mass is 252 g/mol. The smallest absolute Gasteiger partial charge is 0.264 e. The van der Waals surface area contributed by atoms with Crippen LogP contribution in [0, 0.1) is 13.8 Å². The maximum Gasteiger partial charge on any atom is 0.264 e. The van der Waals surface area contributed by atoms with Gasteiger partial charge in [-0.2, -0.15) is 5.10 Å². The van der Waals surface area contributed by atoms with Gasteiger partial charge in [0, 0.05) is 17.8 Å². The highest BCUT2D eigenvalue weighted by Crippen LogP contribution is 2.22. The van der Waals surface area contributed by atoms with E-state index in [1.165, 1.54) is 0 Å².